The molecule has 0 N–H and O–H groups in total. The summed E-state index contributed by atoms with van der Waals surface area (Å²) >= 11 is 23.1. The Morgan fingerprint density at radius 2 is 1.77 bits per heavy atom. The Balaban J connectivity index is 2.20. The van der Waals surface area contributed by atoms with Crippen LogP contribution in [0, 0.1) is 41.2 Å². The van der Waals surface area contributed by atoms with E-state index >= 15 is 0 Å². The van der Waals surface area contributed by atoms with Crippen LogP contribution in [0.25, 0.3) is 0 Å². The standard InChI is InChI=1S/C18H14Cl4F2O2/c1-4-5-8-15(23)13(21)9(14(22)16(8)24)7-26-17(25)12-10(6-11(19)20)18(12,2)3/h1,6,10,12H,5,7H2,2-3H3/t10-,12+/m1/s1. The molecule has 0 radical (unpaired) electrons. The molecule has 2 nitrogen and oxygen atoms in total. The Hall–Kier alpha value is -0.990. The molecular formula is C18H14Cl4F2O2. The van der Waals surface area contributed by atoms with Crippen LogP contribution in [0.3, 0.4) is 0 Å². The van der Waals surface area contributed by atoms with E-state index in [0.29, 0.717) is 0 Å². The van der Waals surface area contributed by atoms with Gasteiger partial charge in [-0.05, 0) is 17.4 Å². The summed E-state index contributed by atoms with van der Waals surface area (Å²) in [7, 11) is 0. The van der Waals surface area contributed by atoms with Gasteiger partial charge in [0.2, 0.25) is 0 Å². The molecule has 0 heterocycles. The summed E-state index contributed by atoms with van der Waals surface area (Å²) < 4.78 is 33.6. The first-order valence-corrected chi connectivity index (χ1v) is 9.01. The number of terminal acetylenes is 1. The normalized spacial score (nSPS) is 20.3. The fourth-order valence-electron chi connectivity index (χ4n) is 2.91. The van der Waals surface area contributed by atoms with E-state index in [1.165, 1.54) is 0 Å². The van der Waals surface area contributed by atoms with Gasteiger partial charge in [-0.15, -0.1) is 12.3 Å². The van der Waals surface area contributed by atoms with E-state index in [0.717, 1.165) is 0 Å². The van der Waals surface area contributed by atoms with Gasteiger partial charge in [0.25, 0.3) is 0 Å². The molecule has 1 aromatic rings. The molecule has 0 amide bonds. The van der Waals surface area contributed by atoms with E-state index in [-0.39, 0.29) is 22.4 Å². The Morgan fingerprint density at radius 1 is 1.23 bits per heavy atom. The molecule has 0 unspecified atom stereocenters. The fraction of sp³-hybridized carbons (Fsp3) is 0.389. The molecule has 2 rings (SSSR count). The molecule has 0 bridgehead atoms. The van der Waals surface area contributed by atoms with Gasteiger partial charge >= 0.3 is 5.97 Å². The van der Waals surface area contributed by atoms with Crippen molar-refractivity contribution in [2.75, 3.05) is 0 Å². The second kappa shape index (κ2) is 7.94. The summed E-state index contributed by atoms with van der Waals surface area (Å²) in [6.45, 7) is 3.23. The predicted molar refractivity (Wildman–Crippen MR) is 99.3 cm³/mol. The molecule has 1 aliphatic carbocycles. The smallest absolute Gasteiger partial charge is 0.310 e. The zero-order chi connectivity index (χ0) is 19.8. The molecule has 140 valence electrons. The fourth-order valence-corrected chi connectivity index (χ4v) is 3.76. The number of hydrogen-bond acceptors (Lipinski definition) is 2. The van der Waals surface area contributed by atoms with Crippen LogP contribution in [0.5, 0.6) is 0 Å². The van der Waals surface area contributed by atoms with E-state index in [9.17, 15) is 13.6 Å². The van der Waals surface area contributed by atoms with Gasteiger partial charge in [0, 0.05) is 17.5 Å². The van der Waals surface area contributed by atoms with Gasteiger partial charge in [0.05, 0.1) is 16.0 Å². The average Bonchev–Trinajstić information content (AvgIpc) is 3.09. The molecule has 0 aromatic heterocycles. The quantitative estimate of drug-likeness (QED) is 0.314. The molecule has 0 saturated heterocycles. The third-order valence-corrected chi connectivity index (χ3v) is 5.59. The molecule has 1 saturated carbocycles. The van der Waals surface area contributed by atoms with Crippen LogP contribution in [0.1, 0.15) is 25.0 Å². The zero-order valence-corrected chi connectivity index (χ0v) is 16.8. The SMILES string of the molecule is C#CCc1c(F)c(Cl)c(COC(=O)[C@@H]2[C@@H](C=C(Cl)Cl)C2(C)C)c(Cl)c1F. The highest BCUT2D eigenvalue weighted by atomic mass is 35.5. The predicted octanol–water partition coefficient (Wildman–Crippen LogP) is 6.08. The Morgan fingerprint density at radius 3 is 2.23 bits per heavy atom. The largest absolute Gasteiger partial charge is 0.460 e. The highest BCUT2D eigenvalue weighted by Crippen LogP contribution is 2.60. The lowest BCUT2D eigenvalue weighted by molar-refractivity contribution is -0.147. The number of carbonyl (C=O) groups is 1. The second-order valence-corrected chi connectivity index (χ2v) is 8.25. The maximum Gasteiger partial charge on any atom is 0.310 e. The van der Waals surface area contributed by atoms with Gasteiger partial charge in [0.15, 0.2) is 0 Å². The summed E-state index contributed by atoms with van der Waals surface area (Å²) in [6, 6.07) is 0. The lowest BCUT2D eigenvalue weighted by Gasteiger charge is -2.13. The summed E-state index contributed by atoms with van der Waals surface area (Å²) in [4.78, 5) is 12.3. The molecule has 8 heteroatoms. The van der Waals surface area contributed by atoms with Crippen LogP contribution in [-0.2, 0) is 22.6 Å². The minimum absolute atomic E-state index is 0.0534. The van der Waals surface area contributed by atoms with Gasteiger partial charge in [-0.25, -0.2) is 8.78 Å². The van der Waals surface area contributed by atoms with Gasteiger partial charge in [-0.3, -0.25) is 4.79 Å². The summed E-state index contributed by atoms with van der Waals surface area (Å²) in [5, 5.41) is -0.852. The van der Waals surface area contributed by atoms with Crippen LogP contribution in [0.2, 0.25) is 10.0 Å². The maximum atomic E-state index is 14.2. The number of hydrogen-bond donors (Lipinski definition) is 0. The van der Waals surface area contributed by atoms with Gasteiger partial charge < -0.3 is 4.74 Å². The third-order valence-electron chi connectivity index (χ3n) is 4.55. The minimum atomic E-state index is -1.01. The number of carbonyl (C=O) groups excluding carboxylic acids is 1. The Kier molecular flexibility index (Phi) is 6.51. The van der Waals surface area contributed by atoms with Crippen LogP contribution >= 0.6 is 46.4 Å². The molecular weight excluding hydrogens is 428 g/mol. The van der Waals surface area contributed by atoms with Crippen LogP contribution in [0.15, 0.2) is 10.6 Å². The first-order valence-electron chi connectivity index (χ1n) is 7.50. The van der Waals surface area contributed by atoms with Crippen LogP contribution < -0.4 is 0 Å². The number of halogens is 6. The number of allylic oxidation sites excluding steroid dienone is 1. The van der Waals surface area contributed by atoms with Crippen molar-refractivity contribution in [3.05, 3.63) is 43.4 Å². The average molecular weight is 442 g/mol. The molecule has 0 spiro atoms. The van der Waals surface area contributed by atoms with Gasteiger partial charge in [-0.2, -0.15) is 0 Å². The highest BCUT2D eigenvalue weighted by Gasteiger charge is 2.61. The number of benzene rings is 1. The molecule has 2 atom stereocenters. The zero-order valence-electron chi connectivity index (χ0n) is 13.8. The van der Waals surface area contributed by atoms with E-state index < -0.39 is 51.2 Å². The monoisotopic (exact) mass is 440 g/mol. The summed E-state index contributed by atoms with van der Waals surface area (Å²) in [5.74, 6) is -1.14. The maximum absolute atomic E-state index is 14.2. The van der Waals surface area contributed by atoms with Gasteiger partial charge in [-0.1, -0.05) is 60.3 Å². The molecule has 1 aromatic carbocycles. The number of ether oxygens (including phenoxy) is 1. The molecule has 26 heavy (non-hydrogen) atoms. The van der Waals surface area contributed by atoms with E-state index in [2.05, 4.69) is 5.92 Å². The van der Waals surface area contributed by atoms with Crippen molar-refractivity contribution < 1.29 is 18.3 Å². The van der Waals surface area contributed by atoms with E-state index in [1.54, 1.807) is 6.08 Å². The summed E-state index contributed by atoms with van der Waals surface area (Å²) in [5.41, 5.74) is -0.950. The number of esters is 1. The lowest BCUT2D eigenvalue weighted by atomic mass is 10.1. The Bertz CT molecular complexity index is 794. The van der Waals surface area contributed by atoms with Crippen molar-refractivity contribution >= 4 is 52.4 Å². The number of rotatable bonds is 5. The van der Waals surface area contributed by atoms with Crippen molar-refractivity contribution in [3.8, 4) is 12.3 Å². The van der Waals surface area contributed by atoms with Crippen molar-refractivity contribution in [2.45, 2.75) is 26.9 Å². The van der Waals surface area contributed by atoms with Crippen molar-refractivity contribution in [3.63, 3.8) is 0 Å². The molecule has 1 aliphatic rings. The second-order valence-electron chi connectivity index (χ2n) is 6.48. The van der Waals surface area contributed by atoms with E-state index in [1.807, 2.05) is 13.8 Å². The van der Waals surface area contributed by atoms with E-state index in [4.69, 9.17) is 57.6 Å². The third kappa shape index (κ3) is 3.97. The summed E-state index contributed by atoms with van der Waals surface area (Å²) in [6.07, 6.45) is 6.34. The first-order chi connectivity index (χ1) is 12.0. The van der Waals surface area contributed by atoms with Crippen molar-refractivity contribution in [1.29, 1.82) is 0 Å². The molecule has 1 fully saturated rings. The van der Waals surface area contributed by atoms with Crippen molar-refractivity contribution in [1.82, 2.24) is 0 Å². The first kappa shape index (κ1) is 21.3. The lowest BCUT2D eigenvalue weighted by Crippen LogP contribution is -2.12. The minimum Gasteiger partial charge on any atom is -0.460 e. The van der Waals surface area contributed by atoms with Crippen LogP contribution in [-0.4, -0.2) is 5.97 Å². The highest BCUT2D eigenvalue weighted by molar-refractivity contribution is 6.55. The van der Waals surface area contributed by atoms with Crippen LogP contribution in [0.4, 0.5) is 8.78 Å². The molecule has 0 aliphatic heterocycles. The van der Waals surface area contributed by atoms with Crippen molar-refractivity contribution in [2.24, 2.45) is 17.3 Å². The topological polar surface area (TPSA) is 26.3 Å². The Labute approximate surface area is 170 Å². The van der Waals surface area contributed by atoms with Gasteiger partial charge in [0.1, 0.15) is 22.7 Å².